The maximum absolute atomic E-state index is 5.97. The van der Waals surface area contributed by atoms with Crippen LogP contribution in [0.4, 0.5) is 0 Å². The second-order valence-corrected chi connectivity index (χ2v) is 9.01. The Hall–Kier alpha value is -1.17. The van der Waals surface area contributed by atoms with E-state index in [9.17, 15) is 0 Å². The van der Waals surface area contributed by atoms with Crippen molar-refractivity contribution in [1.29, 1.82) is 0 Å². The van der Waals surface area contributed by atoms with E-state index in [-0.39, 0.29) is 30.1 Å². The molecule has 30 heavy (non-hydrogen) atoms. The number of halogens is 1. The fourth-order valence-electron chi connectivity index (χ4n) is 4.19. The zero-order valence-corrected chi connectivity index (χ0v) is 21.0. The minimum Gasteiger partial charge on any atom is -0.370 e. The van der Waals surface area contributed by atoms with Gasteiger partial charge in [0, 0.05) is 50.4 Å². The summed E-state index contributed by atoms with van der Waals surface area (Å²) in [5.74, 6) is 1.70. The number of piperidine rings is 1. The van der Waals surface area contributed by atoms with Crippen LogP contribution < -0.4 is 5.32 Å². The average molecular weight is 545 g/mol. The number of rotatable bonds is 5. The third kappa shape index (κ3) is 6.18. The molecule has 0 saturated carbocycles. The van der Waals surface area contributed by atoms with Crippen LogP contribution in [0.15, 0.2) is 34.9 Å². The van der Waals surface area contributed by atoms with Gasteiger partial charge in [0.15, 0.2) is 5.96 Å². The first kappa shape index (κ1) is 23.5. The van der Waals surface area contributed by atoms with Crippen LogP contribution in [0, 0.1) is 5.92 Å². The summed E-state index contributed by atoms with van der Waals surface area (Å²) in [6.07, 6.45) is 6.48. The van der Waals surface area contributed by atoms with Gasteiger partial charge in [-0.3, -0.25) is 14.6 Å². The summed E-state index contributed by atoms with van der Waals surface area (Å²) in [6.45, 7) is 6.85. The smallest absolute Gasteiger partial charge is 0.193 e. The van der Waals surface area contributed by atoms with Gasteiger partial charge in [0.2, 0.25) is 0 Å². The lowest BCUT2D eigenvalue weighted by atomic mass is 9.97. The van der Waals surface area contributed by atoms with Crippen molar-refractivity contribution >= 4 is 41.3 Å². The molecule has 0 bridgehead atoms. The van der Waals surface area contributed by atoms with E-state index in [1.165, 1.54) is 30.8 Å². The molecule has 9 heteroatoms. The van der Waals surface area contributed by atoms with Gasteiger partial charge in [-0.05, 0) is 43.3 Å². The molecule has 0 aliphatic carbocycles. The molecule has 4 heterocycles. The van der Waals surface area contributed by atoms with Crippen molar-refractivity contribution in [1.82, 2.24) is 24.9 Å². The monoisotopic (exact) mass is 544 g/mol. The number of thiophene rings is 1. The summed E-state index contributed by atoms with van der Waals surface area (Å²) < 4.78 is 7.80. The Morgan fingerprint density at radius 3 is 2.83 bits per heavy atom. The second-order valence-electron chi connectivity index (χ2n) is 7.98. The molecule has 1 N–H and O–H groups in total. The maximum atomic E-state index is 5.97. The Kier molecular flexibility index (Phi) is 8.97. The maximum Gasteiger partial charge on any atom is 0.193 e. The molecule has 2 aliphatic heterocycles. The van der Waals surface area contributed by atoms with Gasteiger partial charge in [0.1, 0.15) is 6.10 Å². The molecule has 0 aromatic carbocycles. The van der Waals surface area contributed by atoms with E-state index < -0.39 is 0 Å². The normalized spacial score (nSPS) is 21.5. The number of nitrogens with one attached hydrogen (secondary N) is 1. The van der Waals surface area contributed by atoms with E-state index >= 15 is 0 Å². The molecule has 2 aromatic heterocycles. The van der Waals surface area contributed by atoms with Crippen LogP contribution in [0.3, 0.4) is 0 Å². The highest BCUT2D eigenvalue weighted by atomic mass is 127. The summed E-state index contributed by atoms with van der Waals surface area (Å²) in [5, 5.41) is 10.1. The van der Waals surface area contributed by atoms with Crippen molar-refractivity contribution < 1.29 is 4.74 Å². The number of aliphatic imine (C=N–C) groups is 1. The summed E-state index contributed by atoms with van der Waals surface area (Å²) in [4.78, 5) is 10.9. The molecule has 2 aromatic rings. The lowest BCUT2D eigenvalue weighted by Gasteiger charge is -2.36. The predicted molar refractivity (Wildman–Crippen MR) is 133 cm³/mol. The largest absolute Gasteiger partial charge is 0.370 e. The first-order valence-corrected chi connectivity index (χ1v) is 11.4. The Morgan fingerprint density at radius 1 is 1.33 bits per heavy atom. The van der Waals surface area contributed by atoms with Gasteiger partial charge >= 0.3 is 0 Å². The molecule has 2 fully saturated rings. The summed E-state index contributed by atoms with van der Waals surface area (Å²) >= 11 is 1.86. The minimum absolute atomic E-state index is 0. The van der Waals surface area contributed by atoms with Crippen LogP contribution in [-0.4, -0.2) is 71.9 Å². The van der Waals surface area contributed by atoms with Gasteiger partial charge in [-0.2, -0.15) is 5.10 Å². The highest BCUT2D eigenvalue weighted by molar-refractivity contribution is 14.0. The van der Waals surface area contributed by atoms with Crippen molar-refractivity contribution in [2.75, 3.05) is 46.4 Å². The minimum atomic E-state index is 0. The zero-order chi connectivity index (χ0) is 20.1. The summed E-state index contributed by atoms with van der Waals surface area (Å²) in [5.41, 5.74) is 1.13. The Bertz CT molecular complexity index is 787. The van der Waals surface area contributed by atoms with E-state index in [4.69, 9.17) is 4.74 Å². The van der Waals surface area contributed by atoms with Gasteiger partial charge < -0.3 is 15.0 Å². The molecule has 2 saturated heterocycles. The Labute approximate surface area is 200 Å². The number of aryl methyl sites for hydroxylation is 1. The highest BCUT2D eigenvalue weighted by Crippen LogP contribution is 2.23. The van der Waals surface area contributed by atoms with Gasteiger partial charge in [0.25, 0.3) is 0 Å². The molecule has 4 rings (SSSR count). The first-order chi connectivity index (χ1) is 14.2. The SMILES string of the molecule is CN=C(NCC1CCN(Cc2cccs2)CC1)N1CCOC(c2cnn(C)c2)C1.I. The number of nitrogens with zero attached hydrogens (tertiary/aromatic N) is 5. The predicted octanol–water partition coefficient (Wildman–Crippen LogP) is 2.96. The van der Waals surface area contributed by atoms with Crippen LogP contribution in [0.1, 0.15) is 29.4 Å². The van der Waals surface area contributed by atoms with Gasteiger partial charge in [0.05, 0.1) is 19.3 Å². The van der Waals surface area contributed by atoms with E-state index in [2.05, 4.69) is 42.7 Å². The van der Waals surface area contributed by atoms with Gasteiger partial charge in [-0.1, -0.05) is 6.07 Å². The van der Waals surface area contributed by atoms with E-state index in [1.54, 1.807) is 0 Å². The molecule has 2 aliphatic rings. The van der Waals surface area contributed by atoms with Crippen LogP contribution in [0.25, 0.3) is 0 Å². The average Bonchev–Trinajstić information content (AvgIpc) is 3.42. The van der Waals surface area contributed by atoms with Crippen LogP contribution in [-0.2, 0) is 18.3 Å². The molecule has 7 nitrogen and oxygen atoms in total. The fraction of sp³-hybridized carbons (Fsp3) is 0.619. The van der Waals surface area contributed by atoms with Crippen LogP contribution in [0.5, 0.6) is 0 Å². The topological polar surface area (TPSA) is 57.9 Å². The van der Waals surface area contributed by atoms with Crippen molar-refractivity contribution in [2.24, 2.45) is 18.0 Å². The molecular weight excluding hydrogens is 511 g/mol. The van der Waals surface area contributed by atoms with Gasteiger partial charge in [-0.15, -0.1) is 35.3 Å². The number of aromatic nitrogens is 2. The number of hydrogen-bond donors (Lipinski definition) is 1. The lowest BCUT2D eigenvalue weighted by molar-refractivity contribution is -0.00812. The molecule has 166 valence electrons. The van der Waals surface area contributed by atoms with Crippen molar-refractivity contribution in [3.05, 3.63) is 40.3 Å². The molecule has 0 radical (unpaired) electrons. The quantitative estimate of drug-likeness (QED) is 0.357. The number of hydrogen-bond acceptors (Lipinski definition) is 5. The lowest BCUT2D eigenvalue weighted by Crippen LogP contribution is -2.49. The second kappa shape index (κ2) is 11.4. The van der Waals surface area contributed by atoms with Crippen LogP contribution >= 0.6 is 35.3 Å². The fourth-order valence-corrected chi connectivity index (χ4v) is 4.94. The van der Waals surface area contributed by atoms with E-state index in [0.717, 1.165) is 37.7 Å². The number of morpholine rings is 1. The van der Waals surface area contributed by atoms with Crippen molar-refractivity contribution in [2.45, 2.75) is 25.5 Å². The number of guanidine groups is 1. The summed E-state index contributed by atoms with van der Waals surface area (Å²) in [7, 11) is 3.82. The molecular formula is C21H33IN6OS. The molecule has 1 atom stereocenters. The zero-order valence-electron chi connectivity index (χ0n) is 17.9. The first-order valence-electron chi connectivity index (χ1n) is 10.5. The Morgan fingerprint density at radius 2 is 2.17 bits per heavy atom. The standard InChI is InChI=1S/C21H32N6OS.HI/c1-22-21(27-9-10-28-20(16-27)18-13-24-25(2)14-18)23-12-17-5-7-26(8-6-17)15-19-4-3-11-29-19;/h3-4,11,13-14,17,20H,5-10,12,15-16H2,1-2H3,(H,22,23);1H. The van der Waals surface area contributed by atoms with E-state index in [0.29, 0.717) is 12.5 Å². The van der Waals surface area contributed by atoms with Crippen LogP contribution in [0.2, 0.25) is 0 Å². The number of likely N-dealkylation sites (tertiary alicyclic amines) is 1. The van der Waals surface area contributed by atoms with E-state index in [1.807, 2.05) is 42.5 Å². The van der Waals surface area contributed by atoms with Crippen molar-refractivity contribution in [3.8, 4) is 0 Å². The molecule has 0 spiro atoms. The van der Waals surface area contributed by atoms with Crippen molar-refractivity contribution in [3.63, 3.8) is 0 Å². The third-order valence-corrected chi connectivity index (χ3v) is 6.75. The summed E-state index contributed by atoms with van der Waals surface area (Å²) in [6, 6.07) is 4.39. The third-order valence-electron chi connectivity index (χ3n) is 5.89. The highest BCUT2D eigenvalue weighted by Gasteiger charge is 2.26. The van der Waals surface area contributed by atoms with Gasteiger partial charge in [-0.25, -0.2) is 0 Å². The number of ether oxygens (including phenoxy) is 1. The molecule has 1 unspecified atom stereocenters. The molecule has 0 amide bonds. The Balaban J connectivity index is 0.00000256.